The van der Waals surface area contributed by atoms with Gasteiger partial charge in [-0.3, -0.25) is 14.4 Å². The second kappa shape index (κ2) is 10.4. The fourth-order valence-electron chi connectivity index (χ4n) is 2.59. The number of Topliss-reactive ketones (excluding diaryl/α,β-unsaturated/α-hetero) is 1. The van der Waals surface area contributed by atoms with Crippen molar-refractivity contribution in [3.05, 3.63) is 59.4 Å². The molecule has 0 radical (unpaired) electrons. The van der Waals surface area contributed by atoms with Crippen LogP contribution in [0.15, 0.2) is 36.4 Å². The molecule has 0 aliphatic rings. The van der Waals surface area contributed by atoms with Crippen LogP contribution in [0.2, 0.25) is 0 Å². The van der Waals surface area contributed by atoms with E-state index < -0.39 is 41.5 Å². The van der Waals surface area contributed by atoms with Gasteiger partial charge in [-0.25, -0.2) is 13.2 Å². The third-order valence-corrected chi connectivity index (χ3v) is 4.09. The fraction of sp³-hybridized carbons (Fsp3) is 0.286. The van der Waals surface area contributed by atoms with Crippen molar-refractivity contribution in [1.82, 2.24) is 4.90 Å². The van der Waals surface area contributed by atoms with Gasteiger partial charge in [-0.15, -0.1) is 0 Å². The molecule has 2 aromatic carbocycles. The maximum absolute atomic E-state index is 13.7. The van der Waals surface area contributed by atoms with E-state index >= 15 is 0 Å². The molecule has 2 amide bonds. The summed E-state index contributed by atoms with van der Waals surface area (Å²) in [7, 11) is 0. The van der Waals surface area contributed by atoms with Gasteiger partial charge >= 0.3 is 0 Å². The topological polar surface area (TPSA) is 75.7 Å². The number of ether oxygens (including phenoxy) is 1. The van der Waals surface area contributed by atoms with E-state index in [4.69, 9.17) is 4.74 Å². The van der Waals surface area contributed by atoms with Crippen LogP contribution in [0.3, 0.4) is 0 Å². The number of nitrogens with one attached hydrogen (secondary N) is 1. The standard InChI is InChI=1S/C21H21F3N2O4/c1-3-9-26(11-18(28)25-17-8-7-16(22)20(23)21(17)24)19(29)12-30-15-6-4-5-14(10-15)13(2)27/h4-8,10H,3,9,11-12H2,1-2H3,(H,25,28). The lowest BCUT2D eigenvalue weighted by Crippen LogP contribution is -2.41. The Balaban J connectivity index is 2.00. The van der Waals surface area contributed by atoms with Crippen molar-refractivity contribution in [1.29, 1.82) is 0 Å². The van der Waals surface area contributed by atoms with E-state index in [-0.39, 0.29) is 18.9 Å². The Morgan fingerprint density at radius 3 is 2.47 bits per heavy atom. The lowest BCUT2D eigenvalue weighted by molar-refractivity contribution is -0.136. The number of ketones is 1. The fourth-order valence-corrected chi connectivity index (χ4v) is 2.59. The number of anilines is 1. The molecule has 2 aromatic rings. The number of amides is 2. The summed E-state index contributed by atoms with van der Waals surface area (Å²) >= 11 is 0. The number of carbonyl (C=O) groups excluding carboxylic acids is 3. The van der Waals surface area contributed by atoms with Crippen LogP contribution in [0.1, 0.15) is 30.6 Å². The largest absolute Gasteiger partial charge is 0.484 e. The summed E-state index contributed by atoms with van der Waals surface area (Å²) in [5.41, 5.74) is -0.0987. The van der Waals surface area contributed by atoms with Gasteiger partial charge in [0.1, 0.15) is 5.75 Å². The van der Waals surface area contributed by atoms with Gasteiger partial charge in [-0.05, 0) is 37.6 Å². The Kier molecular flexibility index (Phi) is 7.97. The Hall–Kier alpha value is -3.36. The van der Waals surface area contributed by atoms with E-state index in [1.165, 1.54) is 17.9 Å². The van der Waals surface area contributed by atoms with Crippen molar-refractivity contribution in [3.8, 4) is 5.75 Å². The van der Waals surface area contributed by atoms with Crippen LogP contribution < -0.4 is 10.1 Å². The third-order valence-electron chi connectivity index (χ3n) is 4.09. The summed E-state index contributed by atoms with van der Waals surface area (Å²) in [6, 6.07) is 7.89. The number of hydrogen-bond acceptors (Lipinski definition) is 4. The molecule has 0 saturated heterocycles. The Morgan fingerprint density at radius 2 is 1.80 bits per heavy atom. The zero-order valence-corrected chi connectivity index (χ0v) is 16.5. The Morgan fingerprint density at radius 1 is 1.07 bits per heavy atom. The maximum Gasteiger partial charge on any atom is 0.260 e. The molecule has 2 rings (SSSR count). The van der Waals surface area contributed by atoms with Gasteiger partial charge in [0.15, 0.2) is 29.8 Å². The highest BCUT2D eigenvalue weighted by Gasteiger charge is 2.20. The van der Waals surface area contributed by atoms with E-state index in [9.17, 15) is 27.6 Å². The second-order valence-electron chi connectivity index (χ2n) is 6.46. The summed E-state index contributed by atoms with van der Waals surface area (Å²) in [5.74, 6) is -5.72. The highest BCUT2D eigenvalue weighted by molar-refractivity contribution is 5.95. The minimum absolute atomic E-state index is 0.152. The van der Waals surface area contributed by atoms with Gasteiger partial charge < -0.3 is 15.0 Å². The van der Waals surface area contributed by atoms with Crippen molar-refractivity contribution in [2.75, 3.05) is 25.0 Å². The lowest BCUT2D eigenvalue weighted by atomic mass is 10.1. The number of benzene rings is 2. The van der Waals surface area contributed by atoms with Gasteiger partial charge in [-0.1, -0.05) is 19.1 Å². The molecule has 0 heterocycles. The van der Waals surface area contributed by atoms with Crippen LogP contribution in [0.4, 0.5) is 18.9 Å². The molecule has 160 valence electrons. The van der Waals surface area contributed by atoms with E-state index in [0.29, 0.717) is 23.8 Å². The molecule has 0 aliphatic heterocycles. The second-order valence-corrected chi connectivity index (χ2v) is 6.46. The Labute approximate surface area is 171 Å². The molecule has 9 heteroatoms. The summed E-state index contributed by atoms with van der Waals surface area (Å²) in [6.45, 7) is 2.62. The first-order valence-electron chi connectivity index (χ1n) is 9.17. The van der Waals surface area contributed by atoms with Crippen molar-refractivity contribution in [2.45, 2.75) is 20.3 Å². The predicted octanol–water partition coefficient (Wildman–Crippen LogP) is 3.56. The van der Waals surface area contributed by atoms with E-state index in [1.54, 1.807) is 25.1 Å². The first-order chi connectivity index (χ1) is 14.2. The van der Waals surface area contributed by atoms with Gasteiger partial charge in [0.25, 0.3) is 5.91 Å². The molecule has 1 N–H and O–H groups in total. The molecule has 0 fully saturated rings. The first kappa shape index (κ1) is 22.9. The number of hydrogen-bond donors (Lipinski definition) is 1. The zero-order valence-electron chi connectivity index (χ0n) is 16.5. The van der Waals surface area contributed by atoms with Crippen LogP contribution in [0.25, 0.3) is 0 Å². The minimum atomic E-state index is -1.70. The minimum Gasteiger partial charge on any atom is -0.484 e. The molecular weight excluding hydrogens is 401 g/mol. The molecule has 0 unspecified atom stereocenters. The average Bonchev–Trinajstić information content (AvgIpc) is 2.72. The Bertz CT molecular complexity index is 950. The van der Waals surface area contributed by atoms with E-state index in [0.717, 1.165) is 6.07 Å². The van der Waals surface area contributed by atoms with Crippen LogP contribution in [-0.4, -0.2) is 42.2 Å². The van der Waals surface area contributed by atoms with Gasteiger partial charge in [0, 0.05) is 12.1 Å². The smallest absolute Gasteiger partial charge is 0.260 e. The van der Waals surface area contributed by atoms with Crippen LogP contribution >= 0.6 is 0 Å². The van der Waals surface area contributed by atoms with Crippen molar-refractivity contribution >= 4 is 23.3 Å². The van der Waals surface area contributed by atoms with Crippen LogP contribution in [-0.2, 0) is 9.59 Å². The number of carbonyl (C=O) groups is 3. The summed E-state index contributed by atoms with van der Waals surface area (Å²) in [6.07, 6.45) is 0.540. The molecule has 6 nitrogen and oxygen atoms in total. The lowest BCUT2D eigenvalue weighted by Gasteiger charge is -2.22. The number of nitrogens with zero attached hydrogens (tertiary/aromatic N) is 1. The molecule has 0 aliphatic carbocycles. The van der Waals surface area contributed by atoms with Crippen molar-refractivity contribution in [2.24, 2.45) is 0 Å². The third kappa shape index (κ3) is 6.07. The normalized spacial score (nSPS) is 10.4. The van der Waals surface area contributed by atoms with Gasteiger partial charge in [-0.2, -0.15) is 0 Å². The highest BCUT2D eigenvalue weighted by atomic mass is 19.2. The quantitative estimate of drug-likeness (QED) is 0.495. The average molecular weight is 422 g/mol. The molecule has 30 heavy (non-hydrogen) atoms. The molecule has 0 atom stereocenters. The summed E-state index contributed by atoms with van der Waals surface area (Å²) in [4.78, 5) is 37.2. The van der Waals surface area contributed by atoms with Crippen molar-refractivity contribution in [3.63, 3.8) is 0 Å². The van der Waals surface area contributed by atoms with Gasteiger partial charge in [0.05, 0.1) is 12.2 Å². The number of halogens is 3. The molecule has 0 saturated carbocycles. The molecule has 0 spiro atoms. The molecule has 0 aromatic heterocycles. The van der Waals surface area contributed by atoms with Crippen molar-refractivity contribution < 1.29 is 32.3 Å². The molecular formula is C21H21F3N2O4. The van der Waals surface area contributed by atoms with Crippen LogP contribution in [0.5, 0.6) is 5.75 Å². The van der Waals surface area contributed by atoms with Gasteiger partial charge in [0.2, 0.25) is 5.91 Å². The number of rotatable bonds is 9. The molecule has 0 bridgehead atoms. The maximum atomic E-state index is 13.7. The highest BCUT2D eigenvalue weighted by Crippen LogP contribution is 2.19. The van der Waals surface area contributed by atoms with E-state index in [2.05, 4.69) is 5.32 Å². The summed E-state index contributed by atoms with van der Waals surface area (Å²) < 4.78 is 45.4. The SMILES string of the molecule is CCCN(CC(=O)Nc1ccc(F)c(F)c1F)C(=O)COc1cccc(C(C)=O)c1. The van der Waals surface area contributed by atoms with E-state index in [1.807, 2.05) is 0 Å². The predicted molar refractivity (Wildman–Crippen MR) is 104 cm³/mol. The van der Waals surface area contributed by atoms with Crippen LogP contribution in [0, 0.1) is 17.5 Å². The summed E-state index contributed by atoms with van der Waals surface area (Å²) in [5, 5.41) is 2.12. The zero-order chi connectivity index (χ0) is 22.3. The first-order valence-corrected chi connectivity index (χ1v) is 9.17. The monoisotopic (exact) mass is 422 g/mol.